The molecule has 0 unspecified atom stereocenters. The fourth-order valence-electron chi connectivity index (χ4n) is 5.73. The second kappa shape index (κ2) is 12.5. The van der Waals surface area contributed by atoms with Crippen molar-refractivity contribution in [2.45, 2.75) is 33.4 Å². The van der Waals surface area contributed by atoms with Crippen LogP contribution in [0, 0.1) is 0 Å². The zero-order chi connectivity index (χ0) is 31.8. The lowest BCUT2D eigenvalue weighted by Gasteiger charge is -2.25. The number of halogens is 1. The Morgan fingerprint density at radius 3 is 2.49 bits per heavy atom. The molecule has 0 aliphatic carbocycles. The van der Waals surface area contributed by atoms with Crippen LogP contribution in [0.1, 0.15) is 43.5 Å². The molecule has 230 valence electrons. The average molecular weight is 689 g/mol. The number of thiazole rings is 1. The van der Waals surface area contributed by atoms with Crippen molar-refractivity contribution in [3.8, 4) is 11.5 Å². The van der Waals surface area contributed by atoms with E-state index >= 15 is 0 Å². The summed E-state index contributed by atoms with van der Waals surface area (Å²) in [6, 6.07) is 19.7. The molecule has 0 radical (unpaired) electrons. The van der Waals surface area contributed by atoms with E-state index in [0.717, 1.165) is 21.4 Å². The molecule has 0 saturated heterocycles. The fraction of sp³-hybridized carbons (Fsp3) is 0.235. The Balaban J connectivity index is 1.60. The first-order valence-electron chi connectivity index (χ1n) is 14.5. The van der Waals surface area contributed by atoms with E-state index in [-0.39, 0.29) is 22.6 Å². The lowest BCUT2D eigenvalue weighted by Crippen LogP contribution is -2.41. The molecule has 0 saturated carbocycles. The predicted octanol–water partition coefficient (Wildman–Crippen LogP) is 4.89. The SMILES string of the molecule is CCOC(=O)C1=C(C)N=c2s/c(=C3\C(=O)N(Cc4ccccc4)c4ccc(Br)cc43)c(=O)n2[C@H]1c1ccc(OC)c(OCC)c1. The Hall–Kier alpha value is -4.48. The molecule has 4 aromatic rings. The largest absolute Gasteiger partial charge is 0.493 e. The van der Waals surface area contributed by atoms with Crippen LogP contribution in [0.25, 0.3) is 5.57 Å². The fourth-order valence-corrected chi connectivity index (χ4v) is 7.23. The van der Waals surface area contributed by atoms with Gasteiger partial charge in [-0.1, -0.05) is 63.7 Å². The zero-order valence-electron chi connectivity index (χ0n) is 25.1. The smallest absolute Gasteiger partial charge is 0.338 e. The first kappa shape index (κ1) is 30.5. The quantitative estimate of drug-likeness (QED) is 0.245. The first-order valence-corrected chi connectivity index (χ1v) is 16.1. The van der Waals surface area contributed by atoms with Gasteiger partial charge in [0.2, 0.25) is 0 Å². The van der Waals surface area contributed by atoms with Crippen molar-refractivity contribution in [3.63, 3.8) is 0 Å². The Morgan fingerprint density at radius 1 is 1.00 bits per heavy atom. The Labute approximate surface area is 271 Å². The third kappa shape index (κ3) is 5.40. The maximum absolute atomic E-state index is 14.5. The Bertz CT molecular complexity index is 2050. The second-order valence-electron chi connectivity index (χ2n) is 10.4. The maximum atomic E-state index is 14.5. The third-order valence-electron chi connectivity index (χ3n) is 7.68. The van der Waals surface area contributed by atoms with E-state index in [0.29, 0.717) is 57.5 Å². The summed E-state index contributed by atoms with van der Waals surface area (Å²) in [5.41, 5.74) is 3.47. The van der Waals surface area contributed by atoms with E-state index in [4.69, 9.17) is 19.2 Å². The number of ether oxygens (including phenoxy) is 3. The number of aromatic nitrogens is 1. The van der Waals surface area contributed by atoms with Crippen molar-refractivity contribution in [3.05, 3.63) is 119 Å². The molecule has 1 aromatic heterocycles. The maximum Gasteiger partial charge on any atom is 0.338 e. The monoisotopic (exact) mass is 687 g/mol. The van der Waals surface area contributed by atoms with Crippen LogP contribution in [0.2, 0.25) is 0 Å². The topological polar surface area (TPSA) is 99.4 Å². The van der Waals surface area contributed by atoms with E-state index in [1.165, 1.54) is 4.57 Å². The highest BCUT2D eigenvalue weighted by molar-refractivity contribution is 9.10. The number of carbonyl (C=O) groups is 2. The summed E-state index contributed by atoms with van der Waals surface area (Å²) >= 11 is 4.68. The number of nitrogens with zero attached hydrogens (tertiary/aromatic N) is 3. The molecule has 0 spiro atoms. The minimum absolute atomic E-state index is 0.154. The highest BCUT2D eigenvalue weighted by Crippen LogP contribution is 2.39. The number of rotatable bonds is 8. The van der Waals surface area contributed by atoms with Gasteiger partial charge in [0.25, 0.3) is 11.5 Å². The number of benzene rings is 3. The van der Waals surface area contributed by atoms with Crippen LogP contribution >= 0.6 is 27.3 Å². The van der Waals surface area contributed by atoms with Crippen LogP contribution < -0.4 is 29.3 Å². The van der Waals surface area contributed by atoms with Crippen LogP contribution in [0.4, 0.5) is 5.69 Å². The molecule has 2 aliphatic rings. The van der Waals surface area contributed by atoms with Gasteiger partial charge < -0.3 is 19.1 Å². The number of hydrogen-bond donors (Lipinski definition) is 0. The summed E-state index contributed by atoms with van der Waals surface area (Å²) < 4.78 is 19.3. The normalized spacial score (nSPS) is 16.7. The standard InChI is InChI=1S/C34H30BrN3O6S/c1-5-43-26-16-21(12-15-25(26)42-4)29-27(33(41)44-6-2)19(3)36-34-38(29)32(40)30(45-34)28-23-17-22(35)13-14-24(23)37(31(28)39)18-20-10-8-7-9-11-20/h7-17,29H,5-6,18H2,1-4H3/b30-28-/t29-/m0/s1. The van der Waals surface area contributed by atoms with Gasteiger partial charge in [0.05, 0.1) is 55.4 Å². The molecule has 1 atom stereocenters. The third-order valence-corrected chi connectivity index (χ3v) is 9.23. The molecule has 3 aromatic carbocycles. The first-order chi connectivity index (χ1) is 21.8. The van der Waals surface area contributed by atoms with Crippen molar-refractivity contribution in [2.24, 2.45) is 4.99 Å². The molecule has 2 aliphatic heterocycles. The Kier molecular flexibility index (Phi) is 8.48. The molecular formula is C34H30BrN3O6S. The number of methoxy groups -OCH3 is 1. The Morgan fingerprint density at radius 2 is 1.78 bits per heavy atom. The lowest BCUT2D eigenvalue weighted by atomic mass is 9.95. The van der Waals surface area contributed by atoms with Crippen LogP contribution in [-0.2, 0) is 20.9 Å². The van der Waals surface area contributed by atoms with Gasteiger partial charge in [-0.3, -0.25) is 14.2 Å². The average Bonchev–Trinajstić information content (AvgIpc) is 3.48. The minimum Gasteiger partial charge on any atom is -0.493 e. The summed E-state index contributed by atoms with van der Waals surface area (Å²) in [5.74, 6) is 0.140. The van der Waals surface area contributed by atoms with Gasteiger partial charge in [0.15, 0.2) is 16.3 Å². The van der Waals surface area contributed by atoms with Crippen molar-refractivity contribution in [1.29, 1.82) is 0 Å². The van der Waals surface area contributed by atoms with Crippen LogP contribution in [0.15, 0.2) is 92.3 Å². The second-order valence-corrected chi connectivity index (χ2v) is 12.3. The molecule has 0 fully saturated rings. The number of esters is 1. The summed E-state index contributed by atoms with van der Waals surface area (Å²) in [5, 5.41) is 0. The van der Waals surface area contributed by atoms with E-state index in [1.807, 2.05) is 55.5 Å². The molecule has 0 N–H and O–H groups in total. The molecule has 45 heavy (non-hydrogen) atoms. The van der Waals surface area contributed by atoms with E-state index in [9.17, 15) is 14.4 Å². The summed E-state index contributed by atoms with van der Waals surface area (Å²) in [6.07, 6.45) is 0. The number of allylic oxidation sites excluding steroid dienone is 1. The molecule has 11 heteroatoms. The molecule has 0 bridgehead atoms. The van der Waals surface area contributed by atoms with Crippen molar-refractivity contribution >= 4 is 50.4 Å². The summed E-state index contributed by atoms with van der Waals surface area (Å²) in [4.78, 5) is 48.9. The van der Waals surface area contributed by atoms with E-state index in [1.54, 1.807) is 44.1 Å². The van der Waals surface area contributed by atoms with Gasteiger partial charge in [0, 0.05) is 10.0 Å². The van der Waals surface area contributed by atoms with Gasteiger partial charge in [-0.25, -0.2) is 9.79 Å². The highest BCUT2D eigenvalue weighted by atomic mass is 79.9. The predicted molar refractivity (Wildman–Crippen MR) is 175 cm³/mol. The van der Waals surface area contributed by atoms with E-state index < -0.39 is 17.6 Å². The van der Waals surface area contributed by atoms with Gasteiger partial charge in [-0.05, 0) is 62.2 Å². The van der Waals surface area contributed by atoms with Gasteiger partial charge in [-0.2, -0.15) is 0 Å². The molecule has 6 rings (SSSR count). The van der Waals surface area contributed by atoms with Crippen LogP contribution in [-0.4, -0.2) is 36.8 Å². The number of anilines is 1. The number of amides is 1. The van der Waals surface area contributed by atoms with E-state index in [2.05, 4.69) is 15.9 Å². The highest BCUT2D eigenvalue weighted by Gasteiger charge is 2.38. The van der Waals surface area contributed by atoms with Gasteiger partial charge in [0.1, 0.15) is 4.53 Å². The molecular weight excluding hydrogens is 658 g/mol. The lowest BCUT2D eigenvalue weighted by molar-refractivity contribution is -0.139. The van der Waals surface area contributed by atoms with Crippen molar-refractivity contribution < 1.29 is 23.8 Å². The molecule has 3 heterocycles. The van der Waals surface area contributed by atoms with Crippen LogP contribution in [0.5, 0.6) is 11.5 Å². The van der Waals surface area contributed by atoms with Gasteiger partial charge >= 0.3 is 5.97 Å². The van der Waals surface area contributed by atoms with Crippen LogP contribution in [0.3, 0.4) is 0 Å². The molecule has 1 amide bonds. The number of hydrogen-bond acceptors (Lipinski definition) is 8. The van der Waals surface area contributed by atoms with Crippen molar-refractivity contribution in [1.82, 2.24) is 4.57 Å². The number of fused-ring (bicyclic) bond motifs is 2. The van der Waals surface area contributed by atoms with Gasteiger partial charge in [-0.15, -0.1) is 0 Å². The van der Waals surface area contributed by atoms with Crippen molar-refractivity contribution in [2.75, 3.05) is 25.2 Å². The molecule has 9 nitrogen and oxygen atoms in total. The summed E-state index contributed by atoms with van der Waals surface area (Å²) in [6.45, 7) is 6.20. The number of carbonyl (C=O) groups excluding carboxylic acids is 2. The zero-order valence-corrected chi connectivity index (χ0v) is 27.5. The summed E-state index contributed by atoms with van der Waals surface area (Å²) in [7, 11) is 1.55. The minimum atomic E-state index is -0.876.